The number of imide groups is 1. The second kappa shape index (κ2) is 9.27. The Balaban J connectivity index is 2.31. The molecule has 0 atom stereocenters. The number of benzene rings is 1. The lowest BCUT2D eigenvalue weighted by Crippen LogP contribution is -2.34. The number of carbonyl (C=O) groups excluding carboxylic acids is 2. The van der Waals surface area contributed by atoms with Crippen LogP contribution in [0.15, 0.2) is 30.0 Å². The van der Waals surface area contributed by atoms with Gasteiger partial charge in [0, 0.05) is 19.7 Å². The number of alkyl halides is 3. The van der Waals surface area contributed by atoms with Crippen molar-refractivity contribution in [3.63, 3.8) is 0 Å². The van der Waals surface area contributed by atoms with Gasteiger partial charge in [-0.1, -0.05) is 0 Å². The molecule has 29 heavy (non-hydrogen) atoms. The lowest BCUT2D eigenvalue weighted by Gasteiger charge is -2.25. The Bertz CT molecular complexity index is 793. The van der Waals surface area contributed by atoms with Crippen LogP contribution in [-0.2, 0) is 15.8 Å². The number of nitrogens with zero attached hydrogens (tertiary/aromatic N) is 3. The first-order chi connectivity index (χ1) is 13.5. The summed E-state index contributed by atoms with van der Waals surface area (Å²) < 4.78 is 39.6. The second-order valence-corrected chi connectivity index (χ2v) is 7.01. The van der Waals surface area contributed by atoms with Gasteiger partial charge in [0.2, 0.25) is 0 Å². The molecule has 1 aromatic carbocycles. The molecule has 0 aromatic heterocycles. The van der Waals surface area contributed by atoms with Crippen LogP contribution in [0, 0.1) is 0 Å². The maximum absolute atomic E-state index is 13.2. The van der Waals surface area contributed by atoms with Gasteiger partial charge in [0.05, 0.1) is 30.1 Å². The SMILES string of the molecule is CN(C)CCCN(C)c1ccc(C(F)(F)F)cc1NC1=CC(=O)N(CCO)C1=O. The van der Waals surface area contributed by atoms with Crippen molar-refractivity contribution in [1.82, 2.24) is 9.80 Å². The van der Waals surface area contributed by atoms with Gasteiger partial charge in [-0.05, 0) is 45.3 Å². The standard InChI is InChI=1S/C19H25F3N4O3/c1-24(2)7-4-8-25(3)16-6-5-13(19(20,21)22)11-14(16)23-15-12-17(28)26(9-10-27)18(15)29/h5-6,11-12,23,27H,4,7-10H2,1-3H3. The van der Waals surface area contributed by atoms with Crippen molar-refractivity contribution in [2.24, 2.45) is 0 Å². The van der Waals surface area contributed by atoms with Gasteiger partial charge >= 0.3 is 6.18 Å². The van der Waals surface area contributed by atoms with Crippen molar-refractivity contribution in [2.75, 3.05) is 57.6 Å². The van der Waals surface area contributed by atoms with E-state index >= 15 is 0 Å². The number of carbonyl (C=O) groups is 2. The van der Waals surface area contributed by atoms with Crippen LogP contribution < -0.4 is 10.2 Å². The molecule has 0 saturated carbocycles. The third-order valence-electron chi connectivity index (χ3n) is 4.44. The van der Waals surface area contributed by atoms with Crippen LogP contribution in [0.4, 0.5) is 24.5 Å². The van der Waals surface area contributed by atoms with E-state index in [-0.39, 0.29) is 17.9 Å². The molecule has 0 bridgehead atoms. The number of rotatable bonds is 9. The van der Waals surface area contributed by atoms with Crippen LogP contribution in [0.2, 0.25) is 0 Å². The summed E-state index contributed by atoms with van der Waals surface area (Å²) in [6.07, 6.45) is -2.74. The topological polar surface area (TPSA) is 76.1 Å². The number of nitrogens with one attached hydrogen (secondary N) is 1. The molecule has 0 aliphatic carbocycles. The molecule has 1 aromatic rings. The van der Waals surface area contributed by atoms with E-state index in [9.17, 15) is 22.8 Å². The predicted molar refractivity (Wildman–Crippen MR) is 103 cm³/mol. The van der Waals surface area contributed by atoms with Crippen molar-refractivity contribution in [3.8, 4) is 0 Å². The molecule has 1 aliphatic heterocycles. The number of aliphatic hydroxyl groups excluding tert-OH is 1. The quantitative estimate of drug-likeness (QED) is 0.600. The van der Waals surface area contributed by atoms with Crippen molar-refractivity contribution >= 4 is 23.2 Å². The first-order valence-electron chi connectivity index (χ1n) is 9.07. The monoisotopic (exact) mass is 414 g/mol. The highest BCUT2D eigenvalue weighted by molar-refractivity contribution is 6.17. The van der Waals surface area contributed by atoms with E-state index in [2.05, 4.69) is 5.32 Å². The van der Waals surface area contributed by atoms with Gasteiger partial charge in [0.15, 0.2) is 0 Å². The van der Waals surface area contributed by atoms with E-state index in [1.54, 1.807) is 11.9 Å². The van der Waals surface area contributed by atoms with Crippen molar-refractivity contribution in [1.29, 1.82) is 0 Å². The average Bonchev–Trinajstić information content (AvgIpc) is 2.88. The van der Waals surface area contributed by atoms with Gasteiger partial charge in [-0.2, -0.15) is 13.2 Å². The summed E-state index contributed by atoms with van der Waals surface area (Å²) in [7, 11) is 5.61. The minimum atomic E-state index is -4.55. The van der Waals surface area contributed by atoms with E-state index in [1.165, 1.54) is 6.07 Å². The van der Waals surface area contributed by atoms with Crippen molar-refractivity contribution in [2.45, 2.75) is 12.6 Å². The molecule has 1 aliphatic rings. The number of hydrogen-bond acceptors (Lipinski definition) is 6. The van der Waals surface area contributed by atoms with E-state index < -0.39 is 30.2 Å². The maximum atomic E-state index is 13.2. The van der Waals surface area contributed by atoms with Gasteiger partial charge in [-0.25, -0.2) is 0 Å². The van der Waals surface area contributed by atoms with Crippen LogP contribution in [0.1, 0.15) is 12.0 Å². The maximum Gasteiger partial charge on any atom is 0.416 e. The number of anilines is 2. The summed E-state index contributed by atoms with van der Waals surface area (Å²) in [6.45, 7) is 0.810. The van der Waals surface area contributed by atoms with E-state index in [4.69, 9.17) is 5.11 Å². The Hall–Kier alpha value is -2.59. The number of amides is 2. The molecule has 0 unspecified atom stereocenters. The normalized spacial score (nSPS) is 14.6. The Morgan fingerprint density at radius 3 is 2.41 bits per heavy atom. The highest BCUT2D eigenvalue weighted by Gasteiger charge is 2.33. The number of aliphatic hydroxyl groups is 1. The smallest absolute Gasteiger partial charge is 0.395 e. The van der Waals surface area contributed by atoms with E-state index in [0.29, 0.717) is 12.2 Å². The highest BCUT2D eigenvalue weighted by atomic mass is 19.4. The average molecular weight is 414 g/mol. The third-order valence-corrected chi connectivity index (χ3v) is 4.44. The van der Waals surface area contributed by atoms with Crippen LogP contribution in [-0.4, -0.2) is 74.1 Å². The number of β-amino-alcohol motifs (C(OH)–C–C–N with tert-alkyl or cyclic N) is 1. The molecule has 0 radical (unpaired) electrons. The van der Waals surface area contributed by atoms with Crippen LogP contribution in [0.25, 0.3) is 0 Å². The Labute approximate surface area is 167 Å². The molecule has 0 fully saturated rings. The van der Waals surface area contributed by atoms with Gasteiger partial charge in [0.1, 0.15) is 5.70 Å². The fraction of sp³-hybridized carbons (Fsp3) is 0.474. The molecule has 160 valence electrons. The van der Waals surface area contributed by atoms with E-state index in [0.717, 1.165) is 36.1 Å². The van der Waals surface area contributed by atoms with E-state index in [1.807, 2.05) is 19.0 Å². The Morgan fingerprint density at radius 2 is 1.83 bits per heavy atom. The molecule has 2 N–H and O–H groups in total. The molecule has 10 heteroatoms. The molecular weight excluding hydrogens is 389 g/mol. The summed E-state index contributed by atoms with van der Waals surface area (Å²) in [5.74, 6) is -1.32. The van der Waals surface area contributed by atoms with Gasteiger partial charge in [0.25, 0.3) is 11.8 Å². The summed E-state index contributed by atoms with van der Waals surface area (Å²) in [6, 6.07) is 3.25. The fourth-order valence-electron chi connectivity index (χ4n) is 2.94. The van der Waals surface area contributed by atoms with Gasteiger partial charge in [-0.3, -0.25) is 14.5 Å². The lowest BCUT2D eigenvalue weighted by atomic mass is 10.1. The first-order valence-corrected chi connectivity index (χ1v) is 9.07. The van der Waals surface area contributed by atoms with Crippen LogP contribution in [0.3, 0.4) is 0 Å². The molecule has 0 saturated heterocycles. The first kappa shape index (κ1) is 22.7. The predicted octanol–water partition coefficient (Wildman–Crippen LogP) is 1.75. The molecule has 2 rings (SSSR count). The molecule has 0 spiro atoms. The third kappa shape index (κ3) is 5.70. The van der Waals surface area contributed by atoms with Crippen LogP contribution in [0.5, 0.6) is 0 Å². The molecule has 2 amide bonds. The summed E-state index contributed by atoms with van der Waals surface area (Å²) in [4.78, 5) is 28.9. The number of hydrogen-bond donors (Lipinski definition) is 2. The minimum absolute atomic E-state index is 0.0745. The highest BCUT2D eigenvalue weighted by Crippen LogP contribution is 2.36. The zero-order chi connectivity index (χ0) is 21.8. The minimum Gasteiger partial charge on any atom is -0.395 e. The zero-order valence-electron chi connectivity index (χ0n) is 16.6. The van der Waals surface area contributed by atoms with Crippen LogP contribution >= 0.6 is 0 Å². The summed E-state index contributed by atoms with van der Waals surface area (Å²) in [5.41, 5.74) is -0.454. The van der Waals surface area contributed by atoms with Gasteiger partial charge in [-0.15, -0.1) is 0 Å². The van der Waals surface area contributed by atoms with Gasteiger partial charge < -0.3 is 20.2 Å². The molecule has 1 heterocycles. The zero-order valence-corrected chi connectivity index (χ0v) is 16.6. The number of halogens is 3. The van der Waals surface area contributed by atoms with Crippen molar-refractivity contribution in [3.05, 3.63) is 35.5 Å². The Morgan fingerprint density at radius 1 is 1.14 bits per heavy atom. The largest absolute Gasteiger partial charge is 0.416 e. The fourth-order valence-corrected chi connectivity index (χ4v) is 2.94. The summed E-state index contributed by atoms with van der Waals surface area (Å²) in [5, 5.41) is 11.7. The molecular formula is C19H25F3N4O3. The molecule has 7 nitrogen and oxygen atoms in total. The summed E-state index contributed by atoms with van der Waals surface area (Å²) >= 11 is 0. The lowest BCUT2D eigenvalue weighted by molar-refractivity contribution is -0.138. The Kier molecular flexibility index (Phi) is 7.26. The second-order valence-electron chi connectivity index (χ2n) is 7.01. The van der Waals surface area contributed by atoms with Crippen molar-refractivity contribution < 1.29 is 27.9 Å².